The van der Waals surface area contributed by atoms with Crippen molar-refractivity contribution >= 4 is 53.4 Å². The quantitative estimate of drug-likeness (QED) is 0.393. The third kappa shape index (κ3) is 6.25. The van der Waals surface area contributed by atoms with E-state index in [1.165, 1.54) is 0 Å². The maximum atomic E-state index is 10.8. The second-order valence-corrected chi connectivity index (χ2v) is 3.03. The normalized spacial score (nSPS) is 9.94. The Morgan fingerprint density at radius 2 is 1.35 bits per heavy atom. The number of esters is 1. The minimum atomic E-state index is -2.57. The molecular formula is C8H11NaO8. The van der Waals surface area contributed by atoms with E-state index >= 15 is 0 Å². The van der Waals surface area contributed by atoms with Crippen LogP contribution < -0.4 is 0 Å². The molecule has 9 heteroatoms. The molecule has 0 saturated heterocycles. The van der Waals surface area contributed by atoms with Gasteiger partial charge >= 0.3 is 53.4 Å². The predicted octanol–water partition coefficient (Wildman–Crippen LogP) is -1.33. The van der Waals surface area contributed by atoms with Crippen LogP contribution in [0.1, 0.15) is 19.8 Å². The van der Waals surface area contributed by atoms with E-state index in [0.717, 1.165) is 6.92 Å². The summed E-state index contributed by atoms with van der Waals surface area (Å²) in [6.07, 6.45) is -2.23. The first kappa shape index (κ1) is 18.3. The van der Waals surface area contributed by atoms with Crippen molar-refractivity contribution in [2.24, 2.45) is 0 Å². The SMILES string of the molecule is CC(=O)OC(CC(=O)O)(CC(=O)O)C(=O)O.[NaH]. The van der Waals surface area contributed by atoms with E-state index in [1.54, 1.807) is 0 Å². The monoisotopic (exact) mass is 258 g/mol. The second kappa shape index (κ2) is 7.25. The molecule has 3 N–H and O–H groups in total. The molecule has 0 aromatic carbocycles. The van der Waals surface area contributed by atoms with Crippen molar-refractivity contribution in [3.63, 3.8) is 0 Å². The van der Waals surface area contributed by atoms with Crippen LogP contribution >= 0.6 is 0 Å². The van der Waals surface area contributed by atoms with Crippen LogP contribution in [0.5, 0.6) is 0 Å². The van der Waals surface area contributed by atoms with E-state index in [-0.39, 0.29) is 29.6 Å². The standard InChI is InChI=1S/C8H10O8.Na.H/c1-4(9)16-8(7(14)15,2-5(10)11)3-6(12)13;;/h2-3H2,1H3,(H,10,11)(H,12,13)(H,14,15);;. The van der Waals surface area contributed by atoms with E-state index in [9.17, 15) is 19.2 Å². The van der Waals surface area contributed by atoms with Gasteiger partial charge in [-0.05, 0) is 0 Å². The number of aliphatic carboxylic acids is 3. The first-order chi connectivity index (χ1) is 7.19. The number of carboxylic acid groups (broad SMARTS) is 3. The zero-order chi connectivity index (χ0) is 12.9. The number of carboxylic acids is 3. The van der Waals surface area contributed by atoms with E-state index in [0.29, 0.717) is 0 Å². The fourth-order valence-corrected chi connectivity index (χ4v) is 1.09. The Labute approximate surface area is 118 Å². The van der Waals surface area contributed by atoms with Crippen LogP contribution in [0.15, 0.2) is 0 Å². The summed E-state index contributed by atoms with van der Waals surface area (Å²) in [5, 5.41) is 25.7. The number of ether oxygens (including phenoxy) is 1. The molecule has 0 bridgehead atoms. The Morgan fingerprint density at radius 1 is 1.00 bits per heavy atom. The molecule has 17 heavy (non-hydrogen) atoms. The summed E-state index contributed by atoms with van der Waals surface area (Å²) in [5.74, 6) is -6.03. The minimum absolute atomic E-state index is 0. The van der Waals surface area contributed by atoms with Gasteiger partial charge in [-0.25, -0.2) is 4.79 Å². The fourth-order valence-electron chi connectivity index (χ4n) is 1.09. The zero-order valence-electron chi connectivity index (χ0n) is 8.30. The number of carbonyl (C=O) groups is 4. The molecule has 0 aromatic rings. The van der Waals surface area contributed by atoms with Crippen LogP contribution in [0.2, 0.25) is 0 Å². The average molecular weight is 258 g/mol. The average Bonchev–Trinajstić information content (AvgIpc) is 1.98. The van der Waals surface area contributed by atoms with E-state index in [2.05, 4.69) is 4.74 Å². The van der Waals surface area contributed by atoms with Crippen molar-refractivity contribution in [2.75, 3.05) is 0 Å². The van der Waals surface area contributed by atoms with Gasteiger partial charge in [0, 0.05) is 6.92 Å². The Bertz CT molecular complexity index is 296. The van der Waals surface area contributed by atoms with Gasteiger partial charge in [0.25, 0.3) is 0 Å². The van der Waals surface area contributed by atoms with Gasteiger partial charge in [-0.1, -0.05) is 0 Å². The molecule has 0 saturated carbocycles. The molecule has 92 valence electrons. The summed E-state index contributed by atoms with van der Waals surface area (Å²) < 4.78 is 4.32. The number of carbonyl (C=O) groups excluding carboxylic acids is 1. The third-order valence-electron chi connectivity index (χ3n) is 1.60. The van der Waals surface area contributed by atoms with E-state index < -0.39 is 42.3 Å². The maximum absolute atomic E-state index is 10.8. The molecule has 0 spiro atoms. The molecule has 0 rings (SSSR count). The van der Waals surface area contributed by atoms with Crippen LogP contribution in [0.3, 0.4) is 0 Å². The Kier molecular flexibility index (Phi) is 7.79. The number of rotatable bonds is 6. The molecule has 0 amide bonds. The summed E-state index contributed by atoms with van der Waals surface area (Å²) in [6.45, 7) is 0.862. The number of hydrogen-bond acceptors (Lipinski definition) is 5. The van der Waals surface area contributed by atoms with Crippen molar-refractivity contribution in [2.45, 2.75) is 25.4 Å². The third-order valence-corrected chi connectivity index (χ3v) is 1.60. The summed E-state index contributed by atoms with van der Waals surface area (Å²) in [5.41, 5.74) is -2.57. The second-order valence-electron chi connectivity index (χ2n) is 3.03. The van der Waals surface area contributed by atoms with Gasteiger partial charge in [0.2, 0.25) is 5.60 Å². The van der Waals surface area contributed by atoms with Gasteiger partial charge in [0.05, 0.1) is 12.8 Å². The predicted molar refractivity (Wildman–Crippen MR) is 53.8 cm³/mol. The molecule has 0 aliphatic carbocycles. The van der Waals surface area contributed by atoms with Crippen LogP contribution in [-0.4, -0.2) is 74.4 Å². The topological polar surface area (TPSA) is 138 Å². The summed E-state index contributed by atoms with van der Waals surface area (Å²) in [6, 6.07) is 0. The van der Waals surface area contributed by atoms with Gasteiger partial charge in [-0.2, -0.15) is 0 Å². The van der Waals surface area contributed by atoms with Crippen molar-refractivity contribution in [3.05, 3.63) is 0 Å². The van der Waals surface area contributed by atoms with Gasteiger partial charge in [-0.3, -0.25) is 14.4 Å². The first-order valence-electron chi connectivity index (χ1n) is 4.06. The summed E-state index contributed by atoms with van der Waals surface area (Å²) in [4.78, 5) is 42.3. The van der Waals surface area contributed by atoms with Crippen molar-refractivity contribution < 1.29 is 39.2 Å². The summed E-state index contributed by atoms with van der Waals surface area (Å²) >= 11 is 0. The molecule has 0 unspecified atom stereocenters. The fraction of sp³-hybridized carbons (Fsp3) is 0.500. The Balaban J connectivity index is 0. The van der Waals surface area contributed by atoms with Crippen molar-refractivity contribution in [1.82, 2.24) is 0 Å². The Hall–Kier alpha value is -1.12. The zero-order valence-corrected chi connectivity index (χ0v) is 8.30. The molecule has 0 heterocycles. The first-order valence-corrected chi connectivity index (χ1v) is 4.06. The van der Waals surface area contributed by atoms with Crippen LogP contribution in [0.25, 0.3) is 0 Å². The molecule has 0 aromatic heterocycles. The van der Waals surface area contributed by atoms with Gasteiger partial charge < -0.3 is 20.1 Å². The van der Waals surface area contributed by atoms with E-state index in [4.69, 9.17) is 15.3 Å². The molecule has 0 atom stereocenters. The van der Waals surface area contributed by atoms with Crippen LogP contribution in [0.4, 0.5) is 0 Å². The molecule has 0 aliphatic heterocycles. The molecule has 8 nitrogen and oxygen atoms in total. The van der Waals surface area contributed by atoms with Crippen LogP contribution in [-0.2, 0) is 23.9 Å². The van der Waals surface area contributed by atoms with E-state index in [1.807, 2.05) is 0 Å². The molecule has 0 fully saturated rings. The van der Waals surface area contributed by atoms with Gasteiger partial charge in [0.15, 0.2) is 0 Å². The van der Waals surface area contributed by atoms with Crippen molar-refractivity contribution in [3.8, 4) is 0 Å². The van der Waals surface area contributed by atoms with Crippen LogP contribution in [0, 0.1) is 0 Å². The molecular weight excluding hydrogens is 247 g/mol. The Morgan fingerprint density at radius 3 is 1.53 bits per heavy atom. The molecule has 0 aliphatic rings. The molecule has 0 radical (unpaired) electrons. The van der Waals surface area contributed by atoms with Crippen molar-refractivity contribution in [1.29, 1.82) is 0 Å². The van der Waals surface area contributed by atoms with Gasteiger partial charge in [0.1, 0.15) is 0 Å². The number of hydrogen-bond donors (Lipinski definition) is 3. The summed E-state index contributed by atoms with van der Waals surface area (Å²) in [7, 11) is 0. The van der Waals surface area contributed by atoms with Gasteiger partial charge in [-0.15, -0.1) is 0 Å².